The van der Waals surface area contributed by atoms with E-state index in [1.165, 1.54) is 0 Å². The van der Waals surface area contributed by atoms with Crippen LogP contribution in [0.5, 0.6) is 0 Å². The van der Waals surface area contributed by atoms with Crippen LogP contribution in [0.15, 0.2) is 12.3 Å². The van der Waals surface area contributed by atoms with Crippen molar-refractivity contribution in [3.8, 4) is 0 Å². The van der Waals surface area contributed by atoms with E-state index in [-0.39, 0.29) is 17.1 Å². The van der Waals surface area contributed by atoms with Crippen LogP contribution in [0.1, 0.15) is 39.4 Å². The summed E-state index contributed by atoms with van der Waals surface area (Å²) in [6.45, 7) is 7.79. The topological polar surface area (TPSA) is 89.2 Å². The molecule has 2 rings (SSSR count). The second-order valence-electron chi connectivity index (χ2n) is 6.77. The van der Waals surface area contributed by atoms with Crippen molar-refractivity contribution in [2.24, 2.45) is 11.1 Å². The van der Waals surface area contributed by atoms with E-state index in [9.17, 15) is 8.42 Å². The fourth-order valence-corrected chi connectivity index (χ4v) is 3.55. The fraction of sp³-hybridized carbons (Fsp3) is 0.714. The lowest BCUT2D eigenvalue weighted by Crippen LogP contribution is -2.40. The van der Waals surface area contributed by atoms with Crippen LogP contribution in [0.25, 0.3) is 0 Å². The van der Waals surface area contributed by atoms with Crippen molar-refractivity contribution < 1.29 is 8.42 Å². The van der Waals surface area contributed by atoms with Gasteiger partial charge in [0.05, 0.1) is 5.75 Å². The van der Waals surface area contributed by atoms with Crippen LogP contribution < -0.4 is 10.0 Å². The van der Waals surface area contributed by atoms with Gasteiger partial charge < -0.3 is 4.90 Å². The van der Waals surface area contributed by atoms with Crippen LogP contribution in [-0.4, -0.2) is 37.2 Å². The highest BCUT2D eigenvalue weighted by Crippen LogP contribution is 2.24. The number of aromatic nitrogens is 2. The van der Waals surface area contributed by atoms with Crippen LogP contribution >= 0.6 is 0 Å². The zero-order chi connectivity index (χ0) is 15.7. The third-order valence-electron chi connectivity index (χ3n) is 3.62. The van der Waals surface area contributed by atoms with Crippen LogP contribution in [0, 0.1) is 5.92 Å². The highest BCUT2D eigenvalue weighted by molar-refractivity contribution is 7.89. The minimum absolute atomic E-state index is 0.0424. The minimum Gasteiger partial charge on any atom is -0.356 e. The van der Waals surface area contributed by atoms with Gasteiger partial charge >= 0.3 is 0 Å². The Morgan fingerprint density at radius 2 is 2.14 bits per heavy atom. The molecule has 2 N–H and O–H groups in total. The van der Waals surface area contributed by atoms with Gasteiger partial charge in [-0.05, 0) is 24.8 Å². The van der Waals surface area contributed by atoms with Gasteiger partial charge in [-0.15, -0.1) is 0 Å². The number of nitrogens with two attached hydrogens (primary N) is 1. The van der Waals surface area contributed by atoms with E-state index in [1.54, 1.807) is 6.20 Å². The van der Waals surface area contributed by atoms with E-state index < -0.39 is 10.0 Å². The minimum atomic E-state index is -3.42. The van der Waals surface area contributed by atoms with Crippen LogP contribution in [0.3, 0.4) is 0 Å². The van der Waals surface area contributed by atoms with Crippen LogP contribution in [-0.2, 0) is 15.4 Å². The number of anilines is 1. The van der Waals surface area contributed by atoms with Crippen molar-refractivity contribution >= 4 is 15.8 Å². The first-order chi connectivity index (χ1) is 9.65. The van der Waals surface area contributed by atoms with Gasteiger partial charge in [-0.3, -0.25) is 0 Å². The Kier molecular flexibility index (Phi) is 4.53. The molecule has 1 aliphatic rings. The molecule has 1 aromatic heterocycles. The molecule has 0 saturated carbocycles. The third-order valence-corrected chi connectivity index (χ3v) is 4.56. The van der Waals surface area contributed by atoms with Crippen molar-refractivity contribution in [2.45, 2.75) is 39.0 Å². The fourth-order valence-electron chi connectivity index (χ4n) is 2.62. The highest BCUT2D eigenvalue weighted by atomic mass is 32.2. The summed E-state index contributed by atoms with van der Waals surface area (Å²) in [6.07, 6.45) is 3.62. The first-order valence-corrected chi connectivity index (χ1v) is 8.95. The average Bonchev–Trinajstić information content (AvgIpc) is 2.36. The molecule has 0 aliphatic carbocycles. The maximum atomic E-state index is 11.3. The molecule has 1 aromatic rings. The van der Waals surface area contributed by atoms with Gasteiger partial charge in [-0.2, -0.15) is 0 Å². The number of piperidine rings is 1. The number of hydrogen-bond acceptors (Lipinski definition) is 5. The summed E-state index contributed by atoms with van der Waals surface area (Å²) in [7, 11) is -3.42. The lowest BCUT2D eigenvalue weighted by Gasteiger charge is -2.33. The summed E-state index contributed by atoms with van der Waals surface area (Å²) < 4.78 is 22.5. The van der Waals surface area contributed by atoms with Gasteiger partial charge in [0.2, 0.25) is 10.0 Å². The van der Waals surface area contributed by atoms with Gasteiger partial charge in [0, 0.05) is 24.7 Å². The Balaban J connectivity index is 2.15. The molecule has 0 aromatic carbocycles. The summed E-state index contributed by atoms with van der Waals surface area (Å²) >= 11 is 0. The van der Waals surface area contributed by atoms with Gasteiger partial charge in [-0.1, -0.05) is 20.8 Å². The van der Waals surface area contributed by atoms with Crippen LogP contribution in [0.4, 0.5) is 5.82 Å². The Morgan fingerprint density at radius 3 is 2.76 bits per heavy atom. The number of nitrogens with zero attached hydrogens (tertiary/aromatic N) is 3. The maximum Gasteiger partial charge on any atom is 0.209 e. The van der Waals surface area contributed by atoms with Crippen molar-refractivity contribution in [3.05, 3.63) is 18.1 Å². The molecule has 1 saturated heterocycles. The van der Waals surface area contributed by atoms with E-state index in [4.69, 9.17) is 5.14 Å². The molecule has 0 bridgehead atoms. The molecular weight excluding hydrogens is 288 g/mol. The molecule has 0 radical (unpaired) electrons. The maximum absolute atomic E-state index is 11.3. The zero-order valence-corrected chi connectivity index (χ0v) is 13.7. The number of sulfonamides is 1. The molecule has 6 nitrogen and oxygen atoms in total. The van der Waals surface area contributed by atoms with Gasteiger partial charge in [0.1, 0.15) is 11.6 Å². The van der Waals surface area contributed by atoms with E-state index in [2.05, 4.69) is 35.6 Å². The average molecular weight is 312 g/mol. The van der Waals surface area contributed by atoms with Crippen molar-refractivity contribution in [1.82, 2.24) is 9.97 Å². The third kappa shape index (κ3) is 4.64. The van der Waals surface area contributed by atoms with Crippen molar-refractivity contribution in [2.75, 3.05) is 23.7 Å². The normalized spacial score (nSPS) is 20.6. The standard InChI is InChI=1S/C14H24N4O2S/c1-14(2,3)13-16-7-6-12(17-13)18-8-4-5-11(9-18)10-21(15,19)20/h6-7,11H,4-5,8-10H2,1-3H3,(H2,15,19,20)/t11-/m1/s1. The molecule has 2 heterocycles. The lowest BCUT2D eigenvalue weighted by molar-refractivity contribution is 0.440. The van der Waals surface area contributed by atoms with E-state index in [0.717, 1.165) is 31.0 Å². The quantitative estimate of drug-likeness (QED) is 0.908. The first kappa shape index (κ1) is 16.2. The molecular formula is C14H24N4O2S. The Hall–Kier alpha value is -1.21. The Labute approximate surface area is 126 Å². The number of rotatable bonds is 3. The molecule has 21 heavy (non-hydrogen) atoms. The van der Waals surface area contributed by atoms with Crippen molar-refractivity contribution in [1.29, 1.82) is 0 Å². The Morgan fingerprint density at radius 1 is 1.43 bits per heavy atom. The summed E-state index contributed by atoms with van der Waals surface area (Å²) in [5.74, 6) is 1.78. The molecule has 118 valence electrons. The van der Waals surface area contributed by atoms with E-state index in [1.807, 2.05) is 6.07 Å². The number of primary sulfonamides is 1. The first-order valence-electron chi connectivity index (χ1n) is 7.24. The number of hydrogen-bond donors (Lipinski definition) is 1. The predicted molar refractivity (Wildman–Crippen MR) is 83.6 cm³/mol. The second kappa shape index (κ2) is 5.88. The highest BCUT2D eigenvalue weighted by Gasteiger charge is 2.25. The molecule has 1 atom stereocenters. The molecule has 7 heteroatoms. The van der Waals surface area contributed by atoms with Gasteiger partial charge in [0.15, 0.2) is 0 Å². The monoisotopic (exact) mass is 312 g/mol. The van der Waals surface area contributed by atoms with Gasteiger partial charge in [-0.25, -0.2) is 23.5 Å². The Bertz CT molecular complexity index is 595. The molecule has 0 amide bonds. The predicted octanol–water partition coefficient (Wildman–Crippen LogP) is 1.28. The van der Waals surface area contributed by atoms with Gasteiger partial charge in [0.25, 0.3) is 0 Å². The molecule has 0 spiro atoms. The molecule has 1 fully saturated rings. The SMILES string of the molecule is CC(C)(C)c1nccc(N2CCC[C@@H](CS(N)(=O)=O)C2)n1. The van der Waals surface area contributed by atoms with E-state index in [0.29, 0.717) is 6.54 Å². The lowest BCUT2D eigenvalue weighted by atomic mass is 9.95. The zero-order valence-electron chi connectivity index (χ0n) is 12.9. The largest absolute Gasteiger partial charge is 0.356 e. The summed E-state index contributed by atoms with van der Waals surface area (Å²) in [4.78, 5) is 11.1. The smallest absolute Gasteiger partial charge is 0.209 e. The molecule has 1 aliphatic heterocycles. The molecule has 0 unspecified atom stereocenters. The van der Waals surface area contributed by atoms with Crippen LogP contribution in [0.2, 0.25) is 0 Å². The summed E-state index contributed by atoms with van der Waals surface area (Å²) in [6, 6.07) is 1.88. The van der Waals surface area contributed by atoms with Crippen molar-refractivity contribution in [3.63, 3.8) is 0 Å². The summed E-state index contributed by atoms with van der Waals surface area (Å²) in [5.41, 5.74) is -0.105. The van der Waals surface area contributed by atoms with E-state index >= 15 is 0 Å². The second-order valence-corrected chi connectivity index (χ2v) is 8.43. The summed E-state index contributed by atoms with van der Waals surface area (Å²) in [5, 5.41) is 5.16.